The standard InChI is InChI=1S/C10H14O3/c1-7(11)9-3-5-10(6-4-9)8(2)13-12/h3-8,11-12H,1-2H3. The van der Waals surface area contributed by atoms with E-state index < -0.39 is 6.10 Å². The van der Waals surface area contributed by atoms with Gasteiger partial charge in [0, 0.05) is 0 Å². The quantitative estimate of drug-likeness (QED) is 0.557. The van der Waals surface area contributed by atoms with Crippen LogP contribution in [0, 0.1) is 0 Å². The van der Waals surface area contributed by atoms with Crippen LogP contribution in [-0.2, 0) is 4.89 Å². The number of aliphatic hydroxyl groups excluding tert-OH is 1. The molecule has 2 N–H and O–H groups in total. The average molecular weight is 182 g/mol. The van der Waals surface area contributed by atoms with Gasteiger partial charge in [0.25, 0.3) is 0 Å². The normalized spacial score (nSPS) is 15.4. The molecule has 0 heterocycles. The number of aliphatic hydroxyl groups is 1. The van der Waals surface area contributed by atoms with Gasteiger partial charge in [-0.3, -0.25) is 5.26 Å². The molecule has 0 fully saturated rings. The minimum atomic E-state index is -0.459. The van der Waals surface area contributed by atoms with Crippen molar-refractivity contribution < 1.29 is 15.3 Å². The van der Waals surface area contributed by atoms with Crippen molar-refractivity contribution >= 4 is 0 Å². The molecule has 0 spiro atoms. The number of benzene rings is 1. The van der Waals surface area contributed by atoms with Gasteiger partial charge in [-0.2, -0.15) is 0 Å². The summed E-state index contributed by atoms with van der Waals surface area (Å²) in [7, 11) is 0. The van der Waals surface area contributed by atoms with Crippen LogP contribution in [0.4, 0.5) is 0 Å². The molecule has 0 aliphatic rings. The molecule has 13 heavy (non-hydrogen) atoms. The summed E-state index contributed by atoms with van der Waals surface area (Å²) in [6.07, 6.45) is -0.789. The first-order valence-corrected chi connectivity index (χ1v) is 4.23. The third kappa shape index (κ3) is 2.52. The van der Waals surface area contributed by atoms with Crippen molar-refractivity contribution in [2.75, 3.05) is 0 Å². The van der Waals surface area contributed by atoms with Crippen LogP contribution in [0.2, 0.25) is 0 Å². The Balaban J connectivity index is 2.81. The maximum atomic E-state index is 9.23. The van der Waals surface area contributed by atoms with Gasteiger partial charge in [0.05, 0.1) is 6.10 Å². The van der Waals surface area contributed by atoms with E-state index in [1.54, 1.807) is 13.8 Å². The van der Waals surface area contributed by atoms with Crippen LogP contribution in [0.3, 0.4) is 0 Å². The van der Waals surface area contributed by atoms with E-state index in [1.807, 2.05) is 24.3 Å². The molecule has 2 atom stereocenters. The summed E-state index contributed by atoms with van der Waals surface area (Å²) in [5.41, 5.74) is 1.74. The first-order valence-electron chi connectivity index (χ1n) is 4.23. The van der Waals surface area contributed by atoms with Crippen molar-refractivity contribution in [3.05, 3.63) is 35.4 Å². The van der Waals surface area contributed by atoms with Crippen molar-refractivity contribution in [1.29, 1.82) is 0 Å². The molecule has 0 amide bonds. The second-order valence-electron chi connectivity index (χ2n) is 3.09. The topological polar surface area (TPSA) is 49.7 Å². The van der Waals surface area contributed by atoms with Crippen LogP contribution in [-0.4, -0.2) is 10.4 Å². The molecule has 1 rings (SSSR count). The van der Waals surface area contributed by atoms with Gasteiger partial charge in [-0.25, -0.2) is 4.89 Å². The van der Waals surface area contributed by atoms with Crippen molar-refractivity contribution in [2.24, 2.45) is 0 Å². The predicted molar refractivity (Wildman–Crippen MR) is 49.2 cm³/mol. The van der Waals surface area contributed by atoms with E-state index in [1.165, 1.54) is 0 Å². The van der Waals surface area contributed by atoms with E-state index in [9.17, 15) is 5.11 Å². The first kappa shape index (κ1) is 10.2. The number of hydrogen-bond acceptors (Lipinski definition) is 3. The molecule has 0 saturated carbocycles. The Morgan fingerprint density at radius 3 is 1.92 bits per heavy atom. The van der Waals surface area contributed by atoms with Gasteiger partial charge in [-0.15, -0.1) is 0 Å². The molecule has 0 aromatic heterocycles. The summed E-state index contributed by atoms with van der Waals surface area (Å²) >= 11 is 0. The SMILES string of the molecule is CC(O)c1ccc(C(C)OO)cc1. The highest BCUT2D eigenvalue weighted by Gasteiger charge is 2.05. The van der Waals surface area contributed by atoms with E-state index in [4.69, 9.17) is 5.26 Å². The molecule has 0 bridgehead atoms. The van der Waals surface area contributed by atoms with Crippen LogP contribution in [0.5, 0.6) is 0 Å². The van der Waals surface area contributed by atoms with Crippen molar-refractivity contribution in [3.8, 4) is 0 Å². The van der Waals surface area contributed by atoms with Gasteiger partial charge < -0.3 is 5.11 Å². The molecule has 3 nitrogen and oxygen atoms in total. The van der Waals surface area contributed by atoms with Crippen molar-refractivity contribution in [1.82, 2.24) is 0 Å². The molecule has 0 aliphatic heterocycles. The van der Waals surface area contributed by atoms with Crippen LogP contribution < -0.4 is 0 Å². The van der Waals surface area contributed by atoms with Gasteiger partial charge in [-0.05, 0) is 25.0 Å². The summed E-state index contributed by atoms with van der Waals surface area (Å²) in [5, 5.41) is 17.6. The lowest BCUT2D eigenvalue weighted by Gasteiger charge is -2.09. The molecule has 0 aliphatic carbocycles. The average Bonchev–Trinajstić information content (AvgIpc) is 2.17. The summed E-state index contributed by atoms with van der Waals surface area (Å²) in [6, 6.07) is 7.27. The summed E-state index contributed by atoms with van der Waals surface area (Å²) in [5.74, 6) is 0. The van der Waals surface area contributed by atoms with Crippen molar-refractivity contribution in [3.63, 3.8) is 0 Å². The summed E-state index contributed by atoms with van der Waals surface area (Å²) in [4.78, 5) is 4.17. The molecule has 2 unspecified atom stereocenters. The highest BCUT2D eigenvalue weighted by molar-refractivity contribution is 5.25. The minimum Gasteiger partial charge on any atom is -0.389 e. The lowest BCUT2D eigenvalue weighted by atomic mass is 10.1. The molecular formula is C10H14O3. The van der Waals surface area contributed by atoms with E-state index in [0.717, 1.165) is 11.1 Å². The number of rotatable bonds is 3. The fourth-order valence-electron chi connectivity index (χ4n) is 1.11. The largest absolute Gasteiger partial charge is 0.389 e. The van der Waals surface area contributed by atoms with E-state index in [2.05, 4.69) is 4.89 Å². The van der Waals surface area contributed by atoms with Crippen LogP contribution in [0.15, 0.2) is 24.3 Å². The Hall–Kier alpha value is -0.900. The smallest absolute Gasteiger partial charge is 0.115 e. The zero-order chi connectivity index (χ0) is 9.84. The maximum absolute atomic E-state index is 9.23. The zero-order valence-electron chi connectivity index (χ0n) is 7.77. The Labute approximate surface area is 77.5 Å². The minimum absolute atomic E-state index is 0.331. The van der Waals surface area contributed by atoms with Gasteiger partial charge in [-0.1, -0.05) is 24.3 Å². The molecule has 0 saturated heterocycles. The van der Waals surface area contributed by atoms with Gasteiger partial charge in [0.2, 0.25) is 0 Å². The van der Waals surface area contributed by atoms with Gasteiger partial charge in [0.15, 0.2) is 0 Å². The Morgan fingerprint density at radius 1 is 1.08 bits per heavy atom. The van der Waals surface area contributed by atoms with Crippen molar-refractivity contribution in [2.45, 2.75) is 26.1 Å². The lowest BCUT2D eigenvalue weighted by molar-refractivity contribution is -0.277. The highest BCUT2D eigenvalue weighted by atomic mass is 17.1. The van der Waals surface area contributed by atoms with E-state index in [0.29, 0.717) is 0 Å². The van der Waals surface area contributed by atoms with Crippen LogP contribution in [0.25, 0.3) is 0 Å². The molecule has 72 valence electrons. The first-order chi connectivity index (χ1) is 6.15. The third-order valence-electron chi connectivity index (χ3n) is 2.05. The van der Waals surface area contributed by atoms with Crippen LogP contribution >= 0.6 is 0 Å². The number of hydrogen-bond donors (Lipinski definition) is 2. The fourth-order valence-corrected chi connectivity index (χ4v) is 1.11. The lowest BCUT2D eigenvalue weighted by Crippen LogP contribution is -1.97. The Kier molecular flexibility index (Phi) is 3.42. The van der Waals surface area contributed by atoms with E-state index >= 15 is 0 Å². The summed E-state index contributed by atoms with van der Waals surface area (Å²) < 4.78 is 0. The van der Waals surface area contributed by atoms with Crippen LogP contribution in [0.1, 0.15) is 37.2 Å². The molecule has 0 radical (unpaired) electrons. The predicted octanol–water partition coefficient (Wildman–Crippen LogP) is 2.29. The highest BCUT2D eigenvalue weighted by Crippen LogP contribution is 2.18. The fraction of sp³-hybridized carbons (Fsp3) is 0.400. The summed E-state index contributed by atoms with van der Waals surface area (Å²) in [6.45, 7) is 3.46. The zero-order valence-corrected chi connectivity index (χ0v) is 7.77. The molecule has 3 heteroatoms. The molecule has 1 aromatic rings. The van der Waals surface area contributed by atoms with Gasteiger partial charge >= 0.3 is 0 Å². The second kappa shape index (κ2) is 4.37. The van der Waals surface area contributed by atoms with Gasteiger partial charge in [0.1, 0.15) is 6.10 Å². The Morgan fingerprint density at radius 2 is 1.54 bits per heavy atom. The Bertz CT molecular complexity index is 253. The molecular weight excluding hydrogens is 168 g/mol. The second-order valence-corrected chi connectivity index (χ2v) is 3.09. The maximum Gasteiger partial charge on any atom is 0.115 e. The molecule has 1 aromatic carbocycles. The monoisotopic (exact) mass is 182 g/mol. The third-order valence-corrected chi connectivity index (χ3v) is 2.05. The van der Waals surface area contributed by atoms with E-state index in [-0.39, 0.29) is 6.10 Å².